The SMILES string of the molecule is Cc1cccc(CN(C)c2nc(C)cc(C)c2CO)n1. The Bertz CT molecular complexity index is 611. The average Bonchev–Trinajstić information content (AvgIpc) is 2.37. The van der Waals surface area contributed by atoms with E-state index in [1.807, 2.05) is 57.0 Å². The Morgan fingerprint density at radius 1 is 1.10 bits per heavy atom. The molecule has 0 amide bonds. The molecule has 20 heavy (non-hydrogen) atoms. The highest BCUT2D eigenvalue weighted by Crippen LogP contribution is 2.22. The first kappa shape index (κ1) is 14.5. The maximum Gasteiger partial charge on any atom is 0.134 e. The van der Waals surface area contributed by atoms with E-state index in [2.05, 4.69) is 9.97 Å². The van der Waals surface area contributed by atoms with Crippen LogP contribution in [0.25, 0.3) is 0 Å². The number of hydrogen-bond acceptors (Lipinski definition) is 4. The summed E-state index contributed by atoms with van der Waals surface area (Å²) in [5.74, 6) is 0.827. The highest BCUT2D eigenvalue weighted by Gasteiger charge is 2.13. The summed E-state index contributed by atoms with van der Waals surface area (Å²) in [7, 11) is 1.98. The number of nitrogens with zero attached hydrogens (tertiary/aromatic N) is 3. The maximum absolute atomic E-state index is 9.57. The van der Waals surface area contributed by atoms with Crippen LogP contribution in [0.1, 0.15) is 28.2 Å². The van der Waals surface area contributed by atoms with Crippen LogP contribution in [-0.4, -0.2) is 22.1 Å². The highest BCUT2D eigenvalue weighted by atomic mass is 16.3. The van der Waals surface area contributed by atoms with Crippen LogP contribution >= 0.6 is 0 Å². The number of aryl methyl sites for hydroxylation is 3. The quantitative estimate of drug-likeness (QED) is 0.928. The second kappa shape index (κ2) is 6.01. The average molecular weight is 271 g/mol. The molecule has 1 N–H and O–H groups in total. The number of aliphatic hydroxyl groups is 1. The number of rotatable bonds is 4. The summed E-state index contributed by atoms with van der Waals surface area (Å²) in [6, 6.07) is 7.99. The van der Waals surface area contributed by atoms with Gasteiger partial charge in [0.15, 0.2) is 0 Å². The van der Waals surface area contributed by atoms with Crippen molar-refractivity contribution < 1.29 is 5.11 Å². The lowest BCUT2D eigenvalue weighted by Gasteiger charge is -2.22. The molecule has 0 bridgehead atoms. The van der Waals surface area contributed by atoms with Gasteiger partial charge in [0.2, 0.25) is 0 Å². The molecule has 0 saturated heterocycles. The number of aliphatic hydroxyl groups excluding tert-OH is 1. The van der Waals surface area contributed by atoms with Gasteiger partial charge in [-0.05, 0) is 44.5 Å². The minimum Gasteiger partial charge on any atom is -0.392 e. The van der Waals surface area contributed by atoms with Crippen molar-refractivity contribution >= 4 is 5.82 Å². The molecule has 0 spiro atoms. The van der Waals surface area contributed by atoms with Gasteiger partial charge in [-0.25, -0.2) is 4.98 Å². The van der Waals surface area contributed by atoms with E-state index < -0.39 is 0 Å². The number of pyridine rings is 2. The summed E-state index contributed by atoms with van der Waals surface area (Å²) in [4.78, 5) is 11.1. The van der Waals surface area contributed by atoms with E-state index in [1.165, 1.54) is 0 Å². The molecule has 2 heterocycles. The zero-order valence-corrected chi connectivity index (χ0v) is 12.5. The Morgan fingerprint density at radius 3 is 2.50 bits per heavy atom. The van der Waals surface area contributed by atoms with Crippen LogP contribution in [0.2, 0.25) is 0 Å². The Kier molecular flexibility index (Phi) is 4.35. The second-order valence-corrected chi connectivity index (χ2v) is 5.17. The van der Waals surface area contributed by atoms with E-state index in [0.29, 0.717) is 6.54 Å². The van der Waals surface area contributed by atoms with Crippen molar-refractivity contribution in [2.75, 3.05) is 11.9 Å². The Balaban J connectivity index is 2.31. The fourth-order valence-corrected chi connectivity index (χ4v) is 2.36. The Morgan fingerprint density at radius 2 is 1.85 bits per heavy atom. The summed E-state index contributed by atoms with van der Waals surface area (Å²) in [5.41, 5.74) is 4.91. The molecule has 0 aliphatic rings. The molecule has 0 unspecified atom stereocenters. The Hall–Kier alpha value is -1.94. The topological polar surface area (TPSA) is 49.2 Å². The maximum atomic E-state index is 9.57. The molecule has 0 atom stereocenters. The van der Waals surface area contributed by atoms with Crippen molar-refractivity contribution in [3.05, 3.63) is 52.5 Å². The monoisotopic (exact) mass is 271 g/mol. The van der Waals surface area contributed by atoms with Gasteiger partial charge in [0.1, 0.15) is 5.82 Å². The van der Waals surface area contributed by atoms with E-state index in [-0.39, 0.29) is 6.61 Å². The summed E-state index contributed by atoms with van der Waals surface area (Å²) in [6.45, 7) is 6.63. The van der Waals surface area contributed by atoms with Crippen molar-refractivity contribution in [3.8, 4) is 0 Å². The number of aromatic nitrogens is 2. The van der Waals surface area contributed by atoms with Gasteiger partial charge < -0.3 is 10.0 Å². The Labute approximate surface area is 120 Å². The molecule has 4 nitrogen and oxygen atoms in total. The summed E-state index contributed by atoms with van der Waals surface area (Å²) >= 11 is 0. The fraction of sp³-hybridized carbons (Fsp3) is 0.375. The minimum atomic E-state index is 0.0000324. The van der Waals surface area contributed by atoms with Gasteiger partial charge in [-0.3, -0.25) is 4.98 Å². The molecular weight excluding hydrogens is 250 g/mol. The minimum absolute atomic E-state index is 0.0000324. The van der Waals surface area contributed by atoms with Crippen LogP contribution in [0, 0.1) is 20.8 Å². The second-order valence-electron chi connectivity index (χ2n) is 5.17. The van der Waals surface area contributed by atoms with E-state index in [4.69, 9.17) is 0 Å². The zero-order valence-electron chi connectivity index (χ0n) is 12.5. The first-order valence-electron chi connectivity index (χ1n) is 6.73. The van der Waals surface area contributed by atoms with Gasteiger partial charge in [0.25, 0.3) is 0 Å². The van der Waals surface area contributed by atoms with Crippen LogP contribution in [0.15, 0.2) is 24.3 Å². The lowest BCUT2D eigenvalue weighted by molar-refractivity contribution is 0.281. The van der Waals surface area contributed by atoms with Gasteiger partial charge in [0, 0.05) is 24.0 Å². The lowest BCUT2D eigenvalue weighted by atomic mass is 10.1. The normalized spacial score (nSPS) is 10.7. The molecule has 0 aromatic carbocycles. The predicted molar refractivity (Wildman–Crippen MR) is 80.7 cm³/mol. The molecule has 0 aliphatic carbocycles. The smallest absolute Gasteiger partial charge is 0.134 e. The van der Waals surface area contributed by atoms with Gasteiger partial charge >= 0.3 is 0 Å². The van der Waals surface area contributed by atoms with Gasteiger partial charge in [-0.15, -0.1) is 0 Å². The molecule has 0 radical (unpaired) electrons. The summed E-state index contributed by atoms with van der Waals surface area (Å²) in [6.07, 6.45) is 0. The molecule has 0 saturated carbocycles. The molecule has 2 aromatic rings. The first-order chi connectivity index (χ1) is 9.51. The van der Waals surface area contributed by atoms with Gasteiger partial charge in [-0.1, -0.05) is 6.07 Å². The van der Waals surface area contributed by atoms with Crippen molar-refractivity contribution in [1.82, 2.24) is 9.97 Å². The highest BCUT2D eigenvalue weighted by molar-refractivity contribution is 5.51. The van der Waals surface area contributed by atoms with Crippen LogP contribution in [0.3, 0.4) is 0 Å². The fourth-order valence-electron chi connectivity index (χ4n) is 2.36. The first-order valence-corrected chi connectivity index (χ1v) is 6.73. The van der Waals surface area contributed by atoms with Crippen LogP contribution in [-0.2, 0) is 13.2 Å². The van der Waals surface area contributed by atoms with Gasteiger partial charge in [0.05, 0.1) is 18.8 Å². The van der Waals surface area contributed by atoms with Gasteiger partial charge in [-0.2, -0.15) is 0 Å². The molecule has 0 fully saturated rings. The van der Waals surface area contributed by atoms with Crippen molar-refractivity contribution in [2.24, 2.45) is 0 Å². The largest absolute Gasteiger partial charge is 0.392 e. The van der Waals surface area contributed by atoms with Crippen LogP contribution < -0.4 is 4.90 Å². The number of anilines is 1. The molecule has 0 aliphatic heterocycles. The van der Waals surface area contributed by atoms with Crippen molar-refractivity contribution in [1.29, 1.82) is 0 Å². The van der Waals surface area contributed by atoms with Crippen molar-refractivity contribution in [2.45, 2.75) is 33.9 Å². The van der Waals surface area contributed by atoms with Crippen LogP contribution in [0.5, 0.6) is 0 Å². The van der Waals surface area contributed by atoms with E-state index in [9.17, 15) is 5.11 Å². The molecule has 4 heteroatoms. The third-order valence-electron chi connectivity index (χ3n) is 3.32. The zero-order chi connectivity index (χ0) is 14.7. The van der Waals surface area contributed by atoms with Crippen molar-refractivity contribution in [3.63, 3.8) is 0 Å². The third-order valence-corrected chi connectivity index (χ3v) is 3.32. The van der Waals surface area contributed by atoms with Crippen LogP contribution in [0.4, 0.5) is 5.82 Å². The molecule has 2 rings (SSSR count). The third kappa shape index (κ3) is 3.14. The van der Waals surface area contributed by atoms with E-state index in [0.717, 1.165) is 34.0 Å². The molecular formula is C16H21N3O. The summed E-state index contributed by atoms with van der Waals surface area (Å²) < 4.78 is 0. The summed E-state index contributed by atoms with van der Waals surface area (Å²) in [5, 5.41) is 9.57. The van der Waals surface area contributed by atoms with E-state index in [1.54, 1.807) is 0 Å². The molecule has 2 aromatic heterocycles. The number of hydrogen-bond donors (Lipinski definition) is 1. The standard InChI is InChI=1S/C16H21N3O/c1-11-8-13(3)18-16(15(11)10-20)19(4)9-14-7-5-6-12(2)17-14/h5-8,20H,9-10H2,1-4H3. The molecule has 106 valence electrons. The lowest BCUT2D eigenvalue weighted by Crippen LogP contribution is -2.21. The predicted octanol–water partition coefficient (Wildman–Crippen LogP) is 2.53. The van der Waals surface area contributed by atoms with E-state index >= 15 is 0 Å².